The van der Waals surface area contributed by atoms with Crippen LogP contribution in [0.3, 0.4) is 0 Å². The third-order valence-electron chi connectivity index (χ3n) is 4.52. The minimum atomic E-state index is -0.415. The number of rotatable bonds is 7. The lowest BCUT2D eigenvalue weighted by Crippen LogP contribution is -2.36. The molecule has 0 bridgehead atoms. The highest BCUT2D eigenvalue weighted by atomic mass is 35.5. The summed E-state index contributed by atoms with van der Waals surface area (Å²) in [5, 5.41) is 5.96. The SMILES string of the molecule is COCCNC(=O)C(=CC1=Cc2ccccc2OC1C)NC(=O)c1ccc(Cl)cc1. The second-order valence-electron chi connectivity index (χ2n) is 6.71. The molecule has 30 heavy (non-hydrogen) atoms. The largest absolute Gasteiger partial charge is 0.485 e. The van der Waals surface area contributed by atoms with Crippen molar-refractivity contribution >= 4 is 29.5 Å². The van der Waals surface area contributed by atoms with Crippen molar-refractivity contribution in [3.63, 3.8) is 0 Å². The summed E-state index contributed by atoms with van der Waals surface area (Å²) in [4.78, 5) is 25.4. The average Bonchev–Trinajstić information content (AvgIpc) is 2.74. The Hall–Kier alpha value is -3.09. The van der Waals surface area contributed by atoms with Gasteiger partial charge in [0.15, 0.2) is 0 Å². The van der Waals surface area contributed by atoms with Crippen molar-refractivity contribution in [3.8, 4) is 5.75 Å². The predicted octanol–water partition coefficient (Wildman–Crippen LogP) is 3.58. The molecule has 1 heterocycles. The predicted molar refractivity (Wildman–Crippen MR) is 116 cm³/mol. The summed E-state index contributed by atoms with van der Waals surface area (Å²) in [7, 11) is 1.55. The van der Waals surface area contributed by atoms with Crippen LogP contribution in [0.25, 0.3) is 6.08 Å². The van der Waals surface area contributed by atoms with Gasteiger partial charge in [-0.2, -0.15) is 0 Å². The van der Waals surface area contributed by atoms with Gasteiger partial charge in [-0.05, 0) is 55.0 Å². The molecule has 0 spiro atoms. The van der Waals surface area contributed by atoms with E-state index in [0.29, 0.717) is 23.7 Å². The van der Waals surface area contributed by atoms with E-state index in [1.807, 2.05) is 37.3 Å². The maximum Gasteiger partial charge on any atom is 0.267 e. The Bertz CT molecular complexity index is 983. The molecule has 1 atom stereocenters. The molecular weight excluding hydrogens is 404 g/mol. The first-order valence-electron chi connectivity index (χ1n) is 9.51. The number of halogens is 1. The number of benzene rings is 2. The maximum absolute atomic E-state index is 12.7. The Morgan fingerprint density at radius 1 is 1.17 bits per heavy atom. The molecule has 1 aliphatic heterocycles. The molecule has 0 fully saturated rings. The lowest BCUT2D eigenvalue weighted by Gasteiger charge is -2.23. The van der Waals surface area contributed by atoms with Crippen molar-refractivity contribution in [2.45, 2.75) is 13.0 Å². The summed E-state index contributed by atoms with van der Waals surface area (Å²) in [6.45, 7) is 2.57. The van der Waals surface area contributed by atoms with E-state index in [4.69, 9.17) is 21.1 Å². The van der Waals surface area contributed by atoms with E-state index in [2.05, 4.69) is 10.6 Å². The fourth-order valence-electron chi connectivity index (χ4n) is 2.90. The first-order valence-corrected chi connectivity index (χ1v) is 9.88. The molecule has 0 aliphatic carbocycles. The van der Waals surface area contributed by atoms with Crippen LogP contribution < -0.4 is 15.4 Å². The molecular formula is C23H23ClN2O4. The number of hydrogen-bond donors (Lipinski definition) is 2. The van der Waals surface area contributed by atoms with Crippen LogP contribution in [0.4, 0.5) is 0 Å². The Labute approximate surface area is 180 Å². The minimum Gasteiger partial charge on any atom is -0.485 e. The van der Waals surface area contributed by atoms with Gasteiger partial charge in [-0.25, -0.2) is 0 Å². The van der Waals surface area contributed by atoms with Crippen molar-refractivity contribution in [2.75, 3.05) is 20.3 Å². The van der Waals surface area contributed by atoms with Gasteiger partial charge in [0.1, 0.15) is 17.6 Å². The number of carbonyl (C=O) groups is 2. The normalized spacial score (nSPS) is 15.5. The number of para-hydroxylation sites is 1. The molecule has 0 saturated carbocycles. The molecule has 7 heteroatoms. The number of nitrogens with one attached hydrogen (secondary N) is 2. The third-order valence-corrected chi connectivity index (χ3v) is 4.77. The number of ether oxygens (including phenoxy) is 2. The molecule has 0 radical (unpaired) electrons. The Kier molecular flexibility index (Phi) is 7.27. The van der Waals surface area contributed by atoms with Gasteiger partial charge < -0.3 is 20.1 Å². The third kappa shape index (κ3) is 5.49. The number of amides is 2. The second-order valence-corrected chi connectivity index (χ2v) is 7.15. The summed E-state index contributed by atoms with van der Waals surface area (Å²) < 4.78 is 10.9. The number of fused-ring (bicyclic) bond motifs is 1. The lowest BCUT2D eigenvalue weighted by atomic mass is 10.0. The molecule has 3 rings (SSSR count). The Balaban J connectivity index is 1.88. The fourth-order valence-corrected chi connectivity index (χ4v) is 3.03. The van der Waals surface area contributed by atoms with E-state index in [0.717, 1.165) is 16.9 Å². The van der Waals surface area contributed by atoms with Crippen LogP contribution in [-0.2, 0) is 9.53 Å². The van der Waals surface area contributed by atoms with Gasteiger partial charge in [-0.1, -0.05) is 29.8 Å². The molecule has 2 amide bonds. The summed E-state index contributed by atoms with van der Waals surface area (Å²) in [6, 6.07) is 14.1. The Morgan fingerprint density at radius 3 is 2.63 bits per heavy atom. The van der Waals surface area contributed by atoms with Crippen molar-refractivity contribution < 1.29 is 19.1 Å². The first kappa shape index (κ1) is 21.6. The van der Waals surface area contributed by atoms with Crippen molar-refractivity contribution in [1.82, 2.24) is 10.6 Å². The van der Waals surface area contributed by atoms with E-state index < -0.39 is 11.8 Å². The van der Waals surface area contributed by atoms with Gasteiger partial charge in [-0.15, -0.1) is 0 Å². The average molecular weight is 427 g/mol. The topological polar surface area (TPSA) is 76.7 Å². The van der Waals surface area contributed by atoms with E-state index in [9.17, 15) is 9.59 Å². The highest BCUT2D eigenvalue weighted by Gasteiger charge is 2.20. The monoisotopic (exact) mass is 426 g/mol. The molecule has 6 nitrogen and oxygen atoms in total. The second kappa shape index (κ2) is 10.1. The quantitative estimate of drug-likeness (QED) is 0.524. The first-order chi connectivity index (χ1) is 14.5. The summed E-state index contributed by atoms with van der Waals surface area (Å²) in [5.41, 5.74) is 2.18. The van der Waals surface area contributed by atoms with E-state index >= 15 is 0 Å². The number of methoxy groups -OCH3 is 1. The van der Waals surface area contributed by atoms with Crippen molar-refractivity contribution in [3.05, 3.63) is 82.0 Å². The van der Waals surface area contributed by atoms with Gasteiger partial charge in [0.05, 0.1) is 6.61 Å². The fraction of sp³-hybridized carbons (Fsp3) is 0.217. The molecule has 156 valence electrons. The summed E-state index contributed by atoms with van der Waals surface area (Å²) >= 11 is 5.89. The van der Waals surface area contributed by atoms with Crippen LogP contribution in [-0.4, -0.2) is 38.2 Å². The van der Waals surface area contributed by atoms with Gasteiger partial charge in [0, 0.05) is 29.8 Å². The van der Waals surface area contributed by atoms with Crippen LogP contribution in [0, 0.1) is 0 Å². The molecule has 1 aliphatic rings. The van der Waals surface area contributed by atoms with E-state index in [-0.39, 0.29) is 11.8 Å². The highest BCUT2D eigenvalue weighted by molar-refractivity contribution is 6.30. The van der Waals surface area contributed by atoms with Gasteiger partial charge in [0.25, 0.3) is 11.8 Å². The van der Waals surface area contributed by atoms with Crippen LogP contribution >= 0.6 is 11.6 Å². The van der Waals surface area contributed by atoms with Gasteiger partial charge in [-0.3, -0.25) is 9.59 Å². The summed E-state index contributed by atoms with van der Waals surface area (Å²) in [6.07, 6.45) is 3.30. The number of hydrogen-bond acceptors (Lipinski definition) is 4. The Morgan fingerprint density at radius 2 is 1.90 bits per heavy atom. The van der Waals surface area contributed by atoms with Gasteiger partial charge >= 0.3 is 0 Å². The van der Waals surface area contributed by atoms with Crippen LogP contribution in [0.2, 0.25) is 5.02 Å². The highest BCUT2D eigenvalue weighted by Crippen LogP contribution is 2.30. The van der Waals surface area contributed by atoms with Crippen molar-refractivity contribution in [1.29, 1.82) is 0 Å². The van der Waals surface area contributed by atoms with E-state index in [1.165, 1.54) is 0 Å². The minimum absolute atomic E-state index is 0.118. The zero-order valence-electron chi connectivity index (χ0n) is 16.8. The van der Waals surface area contributed by atoms with E-state index in [1.54, 1.807) is 37.5 Å². The van der Waals surface area contributed by atoms with Crippen molar-refractivity contribution in [2.24, 2.45) is 0 Å². The van der Waals surface area contributed by atoms with Crippen LogP contribution in [0.15, 0.2) is 65.9 Å². The molecule has 2 N–H and O–H groups in total. The standard InChI is InChI=1S/C23H23ClN2O4/c1-15-18(13-17-5-3-4-6-21(17)30-15)14-20(23(28)25-11-12-29-2)26-22(27)16-7-9-19(24)10-8-16/h3-10,13-15H,11-12H2,1-2H3,(H,25,28)(H,26,27). The zero-order chi connectivity index (χ0) is 21.5. The molecule has 1 unspecified atom stereocenters. The summed E-state index contributed by atoms with van der Waals surface area (Å²) in [5.74, 6) is -0.0510. The number of carbonyl (C=O) groups excluding carboxylic acids is 2. The lowest BCUT2D eigenvalue weighted by molar-refractivity contribution is -0.118. The van der Waals surface area contributed by atoms with Crippen LogP contribution in [0.1, 0.15) is 22.8 Å². The molecule has 0 saturated heterocycles. The molecule has 0 aromatic heterocycles. The van der Waals surface area contributed by atoms with Gasteiger partial charge in [0.2, 0.25) is 0 Å². The zero-order valence-corrected chi connectivity index (χ0v) is 17.5. The van der Waals surface area contributed by atoms with Crippen LogP contribution in [0.5, 0.6) is 5.75 Å². The molecule has 2 aromatic carbocycles. The smallest absolute Gasteiger partial charge is 0.267 e. The molecule has 2 aromatic rings. The maximum atomic E-state index is 12.7.